The van der Waals surface area contributed by atoms with Crippen LogP contribution in [0, 0.1) is 27.2 Å². The summed E-state index contributed by atoms with van der Waals surface area (Å²) in [6.07, 6.45) is 1.42. The van der Waals surface area contributed by atoms with E-state index < -0.39 is 20.0 Å². The summed E-state index contributed by atoms with van der Waals surface area (Å²) in [5.74, 6) is -0.0318. The molecule has 1 N–H and O–H groups in total. The van der Waals surface area contributed by atoms with Gasteiger partial charge in [0.05, 0.1) is 28.9 Å². The molecule has 0 atom stereocenters. The molecule has 0 fully saturated rings. The van der Waals surface area contributed by atoms with E-state index in [9.17, 15) is 28.6 Å². The van der Waals surface area contributed by atoms with Crippen LogP contribution in [0.1, 0.15) is 11.1 Å². The van der Waals surface area contributed by atoms with Gasteiger partial charge in [-0.2, -0.15) is 13.5 Å². The Morgan fingerprint density at radius 1 is 0.941 bits per heavy atom. The molecule has 0 aliphatic rings. The molecule has 0 saturated carbocycles. The summed E-state index contributed by atoms with van der Waals surface area (Å²) in [5.41, 5.74) is 3.68. The van der Waals surface area contributed by atoms with Crippen molar-refractivity contribution in [2.24, 2.45) is 5.10 Å². The van der Waals surface area contributed by atoms with Gasteiger partial charge in [-0.15, -0.1) is 0 Å². The van der Waals surface area contributed by atoms with Crippen molar-refractivity contribution in [3.05, 3.63) is 92.0 Å². The number of nitrogens with zero attached hydrogens (tertiary/aromatic N) is 3. The number of nitro benzene ring substituents is 2. The first kappa shape index (κ1) is 24.1. The fourth-order valence-corrected chi connectivity index (χ4v) is 3.74. The molecule has 0 radical (unpaired) electrons. The number of nitrogens with one attached hydrogen (secondary N) is 1. The Balaban J connectivity index is 1.77. The maximum absolute atomic E-state index is 12.7. The number of aryl methyl sites for hydroxylation is 1. The van der Waals surface area contributed by atoms with Gasteiger partial charge in [0, 0.05) is 23.8 Å². The molecule has 3 aromatic carbocycles. The number of ether oxygens (including phenoxy) is 1. The molecule has 0 aromatic heterocycles. The third-order valence-electron chi connectivity index (χ3n) is 4.54. The van der Waals surface area contributed by atoms with Crippen molar-refractivity contribution in [2.75, 3.05) is 12.5 Å². The topological polar surface area (TPSA) is 163 Å². The standard InChI is InChI=1S/C21H18N4O8S/c1-14-3-9-18(12-19(14)25(28)29)34(30,31)33-20-10-4-15(11-21(20)32-2)13-22-23-16-5-7-17(8-6-16)24(26)27/h3-13,23H,1-2H3/b22-13+. The van der Waals surface area contributed by atoms with E-state index >= 15 is 0 Å². The normalized spacial score (nSPS) is 11.2. The summed E-state index contributed by atoms with van der Waals surface area (Å²) in [4.78, 5) is 20.3. The minimum absolute atomic E-state index is 0.0509. The molecule has 34 heavy (non-hydrogen) atoms. The van der Waals surface area contributed by atoms with Crippen molar-refractivity contribution in [1.82, 2.24) is 0 Å². The van der Waals surface area contributed by atoms with Crippen molar-refractivity contribution in [2.45, 2.75) is 11.8 Å². The van der Waals surface area contributed by atoms with Crippen LogP contribution in [0.25, 0.3) is 0 Å². The fraction of sp³-hybridized carbons (Fsp3) is 0.0952. The summed E-state index contributed by atoms with van der Waals surface area (Å²) in [6, 6.07) is 13.5. The zero-order valence-electron chi connectivity index (χ0n) is 17.9. The van der Waals surface area contributed by atoms with E-state index in [1.54, 1.807) is 0 Å². The van der Waals surface area contributed by atoms with E-state index in [2.05, 4.69) is 10.5 Å². The van der Waals surface area contributed by atoms with Crippen molar-refractivity contribution in [1.29, 1.82) is 0 Å². The Morgan fingerprint density at radius 3 is 2.26 bits per heavy atom. The van der Waals surface area contributed by atoms with Gasteiger partial charge in [-0.05, 0) is 48.9 Å². The van der Waals surface area contributed by atoms with Gasteiger partial charge in [-0.3, -0.25) is 25.7 Å². The number of anilines is 1. The Bertz CT molecular complexity index is 1370. The number of hydrazone groups is 1. The zero-order chi connectivity index (χ0) is 24.9. The summed E-state index contributed by atoms with van der Waals surface area (Å²) in [6.45, 7) is 1.50. The molecule has 0 aliphatic carbocycles. The second-order valence-electron chi connectivity index (χ2n) is 6.83. The molecule has 0 saturated heterocycles. The van der Waals surface area contributed by atoms with Gasteiger partial charge in [0.2, 0.25) is 0 Å². The molecule has 0 heterocycles. The molecule has 0 aliphatic heterocycles. The van der Waals surface area contributed by atoms with Crippen LogP contribution >= 0.6 is 0 Å². The van der Waals surface area contributed by atoms with Crippen LogP contribution in [-0.4, -0.2) is 31.6 Å². The first-order valence-electron chi connectivity index (χ1n) is 9.52. The van der Waals surface area contributed by atoms with Crippen LogP contribution in [0.15, 0.2) is 70.7 Å². The summed E-state index contributed by atoms with van der Waals surface area (Å²) in [5, 5.41) is 25.8. The number of rotatable bonds is 9. The Kier molecular flexibility index (Phi) is 7.06. The highest BCUT2D eigenvalue weighted by molar-refractivity contribution is 7.87. The molecular weight excluding hydrogens is 468 g/mol. The maximum Gasteiger partial charge on any atom is 0.339 e. The van der Waals surface area contributed by atoms with Crippen LogP contribution in [0.3, 0.4) is 0 Å². The first-order chi connectivity index (χ1) is 16.1. The molecular formula is C21H18N4O8S. The average Bonchev–Trinajstić information content (AvgIpc) is 2.80. The molecule has 176 valence electrons. The second-order valence-corrected chi connectivity index (χ2v) is 8.37. The van der Waals surface area contributed by atoms with Crippen LogP contribution in [0.2, 0.25) is 0 Å². The smallest absolute Gasteiger partial charge is 0.339 e. The van der Waals surface area contributed by atoms with E-state index in [1.807, 2.05) is 0 Å². The molecule has 13 heteroatoms. The Morgan fingerprint density at radius 2 is 1.65 bits per heavy atom. The van der Waals surface area contributed by atoms with Gasteiger partial charge in [0.1, 0.15) is 4.90 Å². The number of nitro groups is 2. The molecule has 0 spiro atoms. The molecule has 3 aromatic rings. The molecule has 0 unspecified atom stereocenters. The van der Waals surface area contributed by atoms with Crippen LogP contribution in [0.4, 0.5) is 17.1 Å². The van der Waals surface area contributed by atoms with E-state index in [0.29, 0.717) is 16.8 Å². The van der Waals surface area contributed by atoms with E-state index in [1.165, 1.54) is 74.8 Å². The quantitative estimate of drug-likeness (QED) is 0.203. The number of methoxy groups -OCH3 is 1. The monoisotopic (exact) mass is 486 g/mol. The highest BCUT2D eigenvalue weighted by Gasteiger charge is 2.23. The van der Waals surface area contributed by atoms with Crippen molar-refractivity contribution < 1.29 is 27.2 Å². The van der Waals surface area contributed by atoms with Crippen LogP contribution < -0.4 is 14.3 Å². The van der Waals surface area contributed by atoms with Crippen molar-refractivity contribution >= 4 is 33.4 Å². The van der Waals surface area contributed by atoms with E-state index in [0.717, 1.165) is 6.07 Å². The van der Waals surface area contributed by atoms with Gasteiger partial charge in [0.25, 0.3) is 11.4 Å². The SMILES string of the molecule is COc1cc(/C=N/Nc2ccc([N+](=O)[O-])cc2)ccc1OS(=O)(=O)c1ccc(C)c([N+](=O)[O-])c1. The second kappa shape index (κ2) is 9.95. The Labute approximate surface area is 193 Å². The van der Waals surface area contributed by atoms with Gasteiger partial charge >= 0.3 is 10.1 Å². The van der Waals surface area contributed by atoms with E-state index in [-0.39, 0.29) is 27.8 Å². The third kappa shape index (κ3) is 5.63. The van der Waals surface area contributed by atoms with Crippen LogP contribution in [-0.2, 0) is 10.1 Å². The number of hydrogen-bond acceptors (Lipinski definition) is 10. The van der Waals surface area contributed by atoms with Gasteiger partial charge < -0.3 is 8.92 Å². The predicted molar refractivity (Wildman–Crippen MR) is 123 cm³/mol. The van der Waals surface area contributed by atoms with Gasteiger partial charge in [0.15, 0.2) is 11.5 Å². The number of hydrogen-bond donors (Lipinski definition) is 1. The fourth-order valence-electron chi connectivity index (χ4n) is 2.78. The lowest BCUT2D eigenvalue weighted by molar-refractivity contribution is -0.385. The highest BCUT2D eigenvalue weighted by Crippen LogP contribution is 2.31. The molecule has 0 amide bonds. The minimum atomic E-state index is -4.37. The Hall–Kier alpha value is -4.52. The lowest BCUT2D eigenvalue weighted by Gasteiger charge is -2.11. The zero-order valence-corrected chi connectivity index (χ0v) is 18.7. The van der Waals surface area contributed by atoms with Crippen molar-refractivity contribution in [3.8, 4) is 11.5 Å². The van der Waals surface area contributed by atoms with E-state index in [4.69, 9.17) is 8.92 Å². The summed E-state index contributed by atoms with van der Waals surface area (Å²) in [7, 11) is -3.05. The lowest BCUT2D eigenvalue weighted by atomic mass is 10.2. The summed E-state index contributed by atoms with van der Waals surface area (Å²) >= 11 is 0. The molecule has 3 rings (SSSR count). The van der Waals surface area contributed by atoms with Gasteiger partial charge in [-0.1, -0.05) is 6.07 Å². The number of non-ortho nitro benzene ring substituents is 1. The lowest BCUT2D eigenvalue weighted by Crippen LogP contribution is -2.11. The first-order valence-corrected chi connectivity index (χ1v) is 10.9. The van der Waals surface area contributed by atoms with Gasteiger partial charge in [-0.25, -0.2) is 0 Å². The molecule has 0 bridgehead atoms. The predicted octanol–water partition coefficient (Wildman–Crippen LogP) is 4.03. The molecule has 12 nitrogen and oxygen atoms in total. The maximum atomic E-state index is 12.7. The number of benzene rings is 3. The minimum Gasteiger partial charge on any atom is -0.493 e. The highest BCUT2D eigenvalue weighted by atomic mass is 32.2. The summed E-state index contributed by atoms with van der Waals surface area (Å²) < 4.78 is 35.7. The van der Waals surface area contributed by atoms with Crippen LogP contribution in [0.5, 0.6) is 11.5 Å². The van der Waals surface area contributed by atoms with Crippen molar-refractivity contribution in [3.63, 3.8) is 0 Å². The average molecular weight is 486 g/mol. The third-order valence-corrected chi connectivity index (χ3v) is 5.77. The largest absolute Gasteiger partial charge is 0.493 e.